The Morgan fingerprint density at radius 2 is 2.60 bits per heavy atom. The maximum Gasteiger partial charge on any atom is 0.0643 e. The molecule has 2 aliphatic heterocycles. The van der Waals surface area contributed by atoms with Crippen LogP contribution in [-0.2, 0) is 0 Å². The van der Waals surface area contributed by atoms with Crippen molar-refractivity contribution in [3.05, 3.63) is 12.3 Å². The van der Waals surface area contributed by atoms with Crippen LogP contribution >= 0.6 is 0 Å². The second-order valence-electron chi connectivity index (χ2n) is 3.05. The molecule has 0 radical (unpaired) electrons. The quantitative estimate of drug-likeness (QED) is 0.537. The van der Waals surface area contributed by atoms with E-state index >= 15 is 0 Å². The Labute approximate surface area is 60.7 Å². The van der Waals surface area contributed by atoms with E-state index in [1.54, 1.807) is 0 Å². The highest BCUT2D eigenvalue weighted by Gasteiger charge is 2.32. The highest BCUT2D eigenvalue weighted by atomic mass is 15.2. The fraction of sp³-hybridized carbons (Fsp3) is 0.625. The van der Waals surface area contributed by atoms with E-state index in [0.29, 0.717) is 12.5 Å². The highest BCUT2D eigenvalue weighted by Crippen LogP contribution is 2.31. The average molecular weight is 134 g/mol. The van der Waals surface area contributed by atoms with Crippen LogP contribution in [0.2, 0.25) is 0 Å². The largest absolute Gasteiger partial charge is 0.373 e. The number of hydrogen-bond donors (Lipinski definition) is 0. The van der Waals surface area contributed by atoms with Crippen molar-refractivity contribution in [3.63, 3.8) is 0 Å². The summed E-state index contributed by atoms with van der Waals surface area (Å²) < 4.78 is 0. The number of nitriles is 1. The average Bonchev–Trinajstić information content (AvgIpc) is 2.48. The first-order valence-electron chi connectivity index (χ1n) is 3.71. The van der Waals surface area contributed by atoms with Crippen LogP contribution in [0.5, 0.6) is 0 Å². The van der Waals surface area contributed by atoms with Crippen molar-refractivity contribution in [2.75, 3.05) is 6.54 Å². The van der Waals surface area contributed by atoms with Gasteiger partial charge in [-0.05, 0) is 18.5 Å². The van der Waals surface area contributed by atoms with Gasteiger partial charge in [-0.25, -0.2) is 0 Å². The Hall–Kier alpha value is -0.970. The summed E-state index contributed by atoms with van der Waals surface area (Å²) in [5.41, 5.74) is 0. The van der Waals surface area contributed by atoms with Gasteiger partial charge < -0.3 is 4.90 Å². The zero-order valence-corrected chi connectivity index (χ0v) is 5.83. The Morgan fingerprint density at radius 1 is 1.70 bits per heavy atom. The van der Waals surface area contributed by atoms with Crippen LogP contribution in [0.1, 0.15) is 12.8 Å². The van der Waals surface area contributed by atoms with Crippen molar-refractivity contribution < 1.29 is 0 Å². The number of hydrogen-bond acceptors (Lipinski definition) is 2. The van der Waals surface area contributed by atoms with E-state index < -0.39 is 0 Å². The summed E-state index contributed by atoms with van der Waals surface area (Å²) in [6.45, 7) is 1.16. The van der Waals surface area contributed by atoms with Gasteiger partial charge >= 0.3 is 0 Å². The summed E-state index contributed by atoms with van der Waals surface area (Å²) in [4.78, 5) is 2.29. The first-order valence-corrected chi connectivity index (χ1v) is 3.71. The van der Waals surface area contributed by atoms with Crippen molar-refractivity contribution in [1.29, 1.82) is 5.26 Å². The minimum absolute atomic E-state index is 0.528. The second-order valence-corrected chi connectivity index (χ2v) is 3.05. The van der Waals surface area contributed by atoms with Crippen LogP contribution in [0, 0.1) is 17.2 Å². The Bertz CT molecular complexity index is 202. The Kier molecular flexibility index (Phi) is 1.17. The molecule has 2 nitrogen and oxygen atoms in total. The van der Waals surface area contributed by atoms with Gasteiger partial charge in [0.15, 0.2) is 0 Å². The number of rotatable bonds is 1. The van der Waals surface area contributed by atoms with E-state index in [4.69, 9.17) is 5.26 Å². The summed E-state index contributed by atoms with van der Waals surface area (Å²) in [7, 11) is 0. The topological polar surface area (TPSA) is 27.0 Å². The molecule has 2 atom stereocenters. The first-order chi connectivity index (χ1) is 4.90. The molecule has 1 fully saturated rings. The van der Waals surface area contributed by atoms with Crippen molar-refractivity contribution in [2.45, 2.75) is 18.9 Å². The molecule has 2 unspecified atom stereocenters. The van der Waals surface area contributed by atoms with Gasteiger partial charge in [-0.15, -0.1) is 0 Å². The molecule has 2 rings (SSSR count). The molecule has 2 bridgehead atoms. The lowest BCUT2D eigenvalue weighted by molar-refractivity contribution is 0.357. The van der Waals surface area contributed by atoms with E-state index in [2.05, 4.69) is 23.2 Å². The third-order valence-electron chi connectivity index (χ3n) is 2.37. The van der Waals surface area contributed by atoms with Gasteiger partial charge in [0.25, 0.3) is 0 Å². The molecule has 1 saturated heterocycles. The normalized spacial score (nSPS) is 34.9. The van der Waals surface area contributed by atoms with Crippen molar-refractivity contribution in [1.82, 2.24) is 4.90 Å². The molecule has 2 heteroatoms. The van der Waals surface area contributed by atoms with Gasteiger partial charge in [0.2, 0.25) is 0 Å². The molecule has 0 saturated carbocycles. The molecule has 0 aromatic heterocycles. The van der Waals surface area contributed by atoms with Gasteiger partial charge in [-0.1, -0.05) is 6.08 Å². The van der Waals surface area contributed by atoms with Gasteiger partial charge in [0.1, 0.15) is 0 Å². The molecule has 0 aromatic carbocycles. The lowest BCUT2D eigenvalue weighted by Crippen LogP contribution is -2.22. The van der Waals surface area contributed by atoms with E-state index in [0.717, 1.165) is 12.5 Å². The lowest BCUT2D eigenvalue weighted by Gasteiger charge is -2.19. The van der Waals surface area contributed by atoms with Gasteiger partial charge in [0, 0.05) is 12.6 Å². The Morgan fingerprint density at radius 3 is 3.10 bits per heavy atom. The smallest absolute Gasteiger partial charge is 0.0643 e. The molecule has 2 aliphatic rings. The molecule has 0 amide bonds. The molecule has 2 heterocycles. The van der Waals surface area contributed by atoms with Crippen molar-refractivity contribution in [3.8, 4) is 6.07 Å². The van der Waals surface area contributed by atoms with E-state index in [1.165, 1.54) is 6.42 Å². The Balaban J connectivity index is 2.04. The van der Waals surface area contributed by atoms with Crippen molar-refractivity contribution >= 4 is 0 Å². The van der Waals surface area contributed by atoms with E-state index in [1.807, 2.05) is 0 Å². The van der Waals surface area contributed by atoms with E-state index in [-0.39, 0.29) is 0 Å². The zero-order valence-electron chi connectivity index (χ0n) is 5.83. The summed E-state index contributed by atoms with van der Waals surface area (Å²) in [6.07, 6.45) is 6.27. The zero-order chi connectivity index (χ0) is 6.97. The molecule has 0 spiro atoms. The second kappa shape index (κ2) is 2.02. The van der Waals surface area contributed by atoms with Gasteiger partial charge in [-0.3, -0.25) is 0 Å². The fourth-order valence-electron chi connectivity index (χ4n) is 1.84. The maximum absolute atomic E-state index is 8.45. The molecule has 0 aromatic rings. The minimum atomic E-state index is 0.528. The van der Waals surface area contributed by atoms with Crippen LogP contribution < -0.4 is 0 Å². The highest BCUT2D eigenvalue weighted by molar-refractivity contribution is 5.08. The predicted molar refractivity (Wildman–Crippen MR) is 38.0 cm³/mol. The monoisotopic (exact) mass is 134 g/mol. The van der Waals surface area contributed by atoms with Gasteiger partial charge in [0.05, 0.1) is 12.5 Å². The lowest BCUT2D eigenvalue weighted by atomic mass is 10.0. The van der Waals surface area contributed by atoms with Crippen LogP contribution in [0.4, 0.5) is 0 Å². The molecule has 0 aliphatic carbocycles. The molecular weight excluding hydrogens is 124 g/mol. The molecular formula is C8H10N2. The first kappa shape index (κ1) is 5.79. The van der Waals surface area contributed by atoms with Crippen molar-refractivity contribution in [2.24, 2.45) is 5.92 Å². The van der Waals surface area contributed by atoms with Crippen LogP contribution in [-0.4, -0.2) is 17.5 Å². The molecule has 0 N–H and O–H groups in total. The van der Waals surface area contributed by atoms with Crippen LogP contribution in [0.15, 0.2) is 12.3 Å². The predicted octanol–water partition coefficient (Wildman–Crippen LogP) is 1.12. The summed E-state index contributed by atoms with van der Waals surface area (Å²) >= 11 is 0. The number of nitrogens with zero attached hydrogens (tertiary/aromatic N) is 2. The third kappa shape index (κ3) is 0.706. The van der Waals surface area contributed by atoms with Gasteiger partial charge in [-0.2, -0.15) is 5.26 Å². The number of fused-ring (bicyclic) bond motifs is 2. The van der Waals surface area contributed by atoms with Crippen LogP contribution in [0.3, 0.4) is 0 Å². The van der Waals surface area contributed by atoms with E-state index in [9.17, 15) is 0 Å². The molecule has 52 valence electrons. The standard InChI is InChI=1S/C8H10N2/c9-3-1-8-5-7-2-4-10(8)6-7/h2,4,7-8H,1,5-6H2. The summed E-state index contributed by atoms with van der Waals surface area (Å²) in [5, 5.41) is 8.45. The third-order valence-corrected chi connectivity index (χ3v) is 2.37. The van der Waals surface area contributed by atoms with Crippen LogP contribution in [0.25, 0.3) is 0 Å². The minimum Gasteiger partial charge on any atom is -0.373 e. The fourth-order valence-corrected chi connectivity index (χ4v) is 1.84. The maximum atomic E-state index is 8.45. The summed E-state index contributed by atoms with van der Waals surface area (Å²) in [5.74, 6) is 0.748. The molecule has 10 heavy (non-hydrogen) atoms. The summed E-state index contributed by atoms with van der Waals surface area (Å²) in [6, 6.07) is 2.75. The SMILES string of the molecule is N#CCC1CC2C=CN1C2.